The average molecular weight is 307 g/mol. The number of Topliss-reactive ketones (excluding diaryl/α,β-unsaturated/α-hetero) is 1. The Morgan fingerprint density at radius 3 is 2.19 bits per heavy atom. The van der Waals surface area contributed by atoms with Crippen LogP contribution in [0.4, 0.5) is 0 Å². The Balaban J connectivity index is 2.63. The molecular formula is C14H13NO5S. The molecule has 1 aromatic carbocycles. The van der Waals surface area contributed by atoms with Gasteiger partial charge in [-0.2, -0.15) is 0 Å². The van der Waals surface area contributed by atoms with Crippen LogP contribution in [0.25, 0.3) is 10.2 Å². The summed E-state index contributed by atoms with van der Waals surface area (Å²) in [7, 11) is 0. The molecule has 0 aliphatic heterocycles. The van der Waals surface area contributed by atoms with Gasteiger partial charge in [0.2, 0.25) is 0 Å². The zero-order valence-electron chi connectivity index (χ0n) is 11.2. The number of hydrogen-bond donors (Lipinski definition) is 2. The summed E-state index contributed by atoms with van der Waals surface area (Å²) in [5.41, 5.74) is -1.000. The number of para-hydroxylation sites is 1. The topological polar surface area (TPSA) is 105 Å². The van der Waals surface area contributed by atoms with Crippen molar-refractivity contribution in [1.29, 1.82) is 0 Å². The molecule has 7 heteroatoms. The van der Waals surface area contributed by atoms with Crippen LogP contribution in [0.1, 0.15) is 24.8 Å². The zero-order valence-corrected chi connectivity index (χ0v) is 12.0. The first-order chi connectivity index (χ1) is 9.85. The van der Waals surface area contributed by atoms with E-state index in [4.69, 9.17) is 10.2 Å². The number of thiazole rings is 1. The van der Waals surface area contributed by atoms with E-state index in [2.05, 4.69) is 4.98 Å². The summed E-state index contributed by atoms with van der Waals surface area (Å²) in [6.07, 6.45) is -1.18. The number of nitrogens with zero attached hydrogens (tertiary/aromatic N) is 1. The smallest absolute Gasteiger partial charge is 0.304 e. The Morgan fingerprint density at radius 2 is 1.71 bits per heavy atom. The van der Waals surface area contributed by atoms with Gasteiger partial charge < -0.3 is 10.2 Å². The van der Waals surface area contributed by atoms with Crippen LogP contribution >= 0.6 is 11.3 Å². The van der Waals surface area contributed by atoms with Gasteiger partial charge >= 0.3 is 11.9 Å². The number of fused-ring (bicyclic) bond motifs is 1. The van der Waals surface area contributed by atoms with Crippen molar-refractivity contribution >= 4 is 39.3 Å². The van der Waals surface area contributed by atoms with Crippen LogP contribution in [0.5, 0.6) is 0 Å². The minimum absolute atomic E-state index is 0.237. The molecule has 0 atom stereocenters. The Labute approximate surface area is 124 Å². The van der Waals surface area contributed by atoms with Gasteiger partial charge in [0.25, 0.3) is 0 Å². The van der Waals surface area contributed by atoms with Gasteiger partial charge in [-0.25, -0.2) is 4.98 Å². The van der Waals surface area contributed by atoms with Crippen LogP contribution in [-0.4, -0.2) is 32.9 Å². The van der Waals surface area contributed by atoms with Crippen molar-refractivity contribution in [1.82, 2.24) is 4.98 Å². The SMILES string of the molecule is CC(=O)C(CC(=O)O)(CC(=O)O)c1nc2ccccc2s1. The fraction of sp³-hybridized carbons (Fsp3) is 0.286. The van der Waals surface area contributed by atoms with Gasteiger partial charge in [0.1, 0.15) is 16.2 Å². The molecule has 0 amide bonds. The second-order valence-corrected chi connectivity index (χ2v) is 5.80. The number of hydrogen-bond acceptors (Lipinski definition) is 5. The maximum absolute atomic E-state index is 12.1. The summed E-state index contributed by atoms with van der Waals surface area (Å²) in [4.78, 5) is 38.6. The summed E-state index contributed by atoms with van der Waals surface area (Å²) in [6.45, 7) is 1.21. The van der Waals surface area contributed by atoms with E-state index >= 15 is 0 Å². The predicted octanol–water partition coefficient (Wildman–Crippen LogP) is 2.07. The van der Waals surface area contributed by atoms with Gasteiger partial charge in [-0.3, -0.25) is 14.4 Å². The molecule has 0 aliphatic rings. The number of rotatable bonds is 6. The molecule has 0 aliphatic carbocycles. The van der Waals surface area contributed by atoms with Crippen molar-refractivity contribution in [2.75, 3.05) is 0 Å². The number of carboxylic acid groups (broad SMARTS) is 2. The van der Waals surface area contributed by atoms with Gasteiger partial charge in [0.05, 0.1) is 23.1 Å². The third kappa shape index (κ3) is 2.92. The molecule has 2 aromatic rings. The number of ketones is 1. The van der Waals surface area contributed by atoms with Crippen LogP contribution in [0, 0.1) is 0 Å². The highest BCUT2D eigenvalue weighted by molar-refractivity contribution is 7.18. The molecule has 110 valence electrons. The van der Waals surface area contributed by atoms with Crippen molar-refractivity contribution in [2.45, 2.75) is 25.2 Å². The summed E-state index contributed by atoms with van der Waals surface area (Å²) < 4.78 is 0.786. The van der Waals surface area contributed by atoms with Crippen LogP contribution in [0.2, 0.25) is 0 Å². The highest BCUT2D eigenvalue weighted by Crippen LogP contribution is 2.38. The third-order valence-electron chi connectivity index (χ3n) is 3.28. The fourth-order valence-corrected chi connectivity index (χ4v) is 3.41. The first-order valence-electron chi connectivity index (χ1n) is 6.16. The number of aliphatic carboxylic acids is 2. The number of carboxylic acids is 2. The second kappa shape index (κ2) is 5.61. The molecule has 2 rings (SSSR count). The highest BCUT2D eigenvalue weighted by Gasteiger charge is 2.44. The van der Waals surface area contributed by atoms with Crippen LogP contribution in [0.15, 0.2) is 24.3 Å². The molecule has 0 bridgehead atoms. The molecule has 0 saturated carbocycles. The quantitative estimate of drug-likeness (QED) is 0.846. The van der Waals surface area contributed by atoms with Crippen molar-refractivity contribution in [3.05, 3.63) is 29.3 Å². The minimum atomic E-state index is -1.62. The standard InChI is InChI=1S/C14H13NO5S/c1-8(16)14(6-11(17)18,7-12(19)20)13-15-9-4-2-3-5-10(9)21-13/h2-5H,6-7H2,1H3,(H,17,18)(H,19,20). The molecular weight excluding hydrogens is 294 g/mol. The normalized spacial score (nSPS) is 11.5. The molecule has 1 heterocycles. The van der Waals surface area contributed by atoms with Crippen molar-refractivity contribution < 1.29 is 24.6 Å². The lowest BCUT2D eigenvalue weighted by molar-refractivity contribution is -0.145. The molecule has 0 radical (unpaired) electrons. The zero-order chi connectivity index (χ0) is 15.6. The third-order valence-corrected chi connectivity index (χ3v) is 4.52. The monoisotopic (exact) mass is 307 g/mol. The average Bonchev–Trinajstić information content (AvgIpc) is 2.80. The van der Waals surface area contributed by atoms with E-state index < -0.39 is 36.0 Å². The Bertz CT molecular complexity index is 672. The molecule has 0 spiro atoms. The van der Waals surface area contributed by atoms with E-state index in [0.29, 0.717) is 5.52 Å². The van der Waals surface area contributed by atoms with Gasteiger partial charge in [-0.1, -0.05) is 12.1 Å². The summed E-state index contributed by atoms with van der Waals surface area (Å²) in [5.74, 6) is -2.97. The Hall–Kier alpha value is -2.28. The van der Waals surface area contributed by atoms with Crippen LogP contribution < -0.4 is 0 Å². The summed E-state index contributed by atoms with van der Waals surface area (Å²) in [5, 5.41) is 18.4. The molecule has 1 aromatic heterocycles. The van der Waals surface area contributed by atoms with E-state index in [1.54, 1.807) is 24.3 Å². The van der Waals surface area contributed by atoms with Crippen LogP contribution in [0.3, 0.4) is 0 Å². The van der Waals surface area contributed by atoms with Crippen molar-refractivity contribution in [3.63, 3.8) is 0 Å². The molecule has 6 nitrogen and oxygen atoms in total. The maximum Gasteiger partial charge on any atom is 0.304 e. The van der Waals surface area contributed by atoms with E-state index in [9.17, 15) is 14.4 Å². The number of carbonyl (C=O) groups excluding carboxylic acids is 1. The van der Waals surface area contributed by atoms with Gasteiger partial charge in [-0.05, 0) is 19.1 Å². The number of aromatic nitrogens is 1. The summed E-state index contributed by atoms with van der Waals surface area (Å²) in [6, 6.07) is 7.11. The first-order valence-corrected chi connectivity index (χ1v) is 6.97. The maximum atomic E-state index is 12.1. The Morgan fingerprint density at radius 1 is 1.14 bits per heavy atom. The summed E-state index contributed by atoms with van der Waals surface area (Å²) >= 11 is 1.16. The largest absolute Gasteiger partial charge is 0.481 e. The fourth-order valence-electron chi connectivity index (χ4n) is 2.21. The lowest BCUT2D eigenvalue weighted by Gasteiger charge is -2.25. The van der Waals surface area contributed by atoms with E-state index in [1.807, 2.05) is 0 Å². The van der Waals surface area contributed by atoms with Gasteiger partial charge in [0, 0.05) is 0 Å². The molecule has 2 N–H and O–H groups in total. The second-order valence-electron chi connectivity index (χ2n) is 4.77. The van der Waals surface area contributed by atoms with E-state index in [1.165, 1.54) is 6.92 Å². The molecule has 0 fully saturated rings. The number of benzene rings is 1. The lowest BCUT2D eigenvalue weighted by Crippen LogP contribution is -2.39. The first kappa shape index (κ1) is 15.1. The van der Waals surface area contributed by atoms with Crippen molar-refractivity contribution in [3.8, 4) is 0 Å². The van der Waals surface area contributed by atoms with Gasteiger partial charge in [-0.15, -0.1) is 11.3 Å². The molecule has 0 unspecified atom stereocenters. The van der Waals surface area contributed by atoms with Gasteiger partial charge in [0.15, 0.2) is 0 Å². The molecule has 0 saturated heterocycles. The van der Waals surface area contributed by atoms with Crippen LogP contribution in [-0.2, 0) is 19.8 Å². The van der Waals surface area contributed by atoms with E-state index in [0.717, 1.165) is 16.0 Å². The highest BCUT2D eigenvalue weighted by atomic mass is 32.1. The molecule has 21 heavy (non-hydrogen) atoms. The lowest BCUT2D eigenvalue weighted by atomic mass is 9.78. The Kier molecular flexibility index (Phi) is 4.04. The van der Waals surface area contributed by atoms with E-state index in [-0.39, 0.29) is 5.01 Å². The minimum Gasteiger partial charge on any atom is -0.481 e. The number of carbonyl (C=O) groups is 3. The predicted molar refractivity (Wildman–Crippen MR) is 76.5 cm³/mol. The van der Waals surface area contributed by atoms with Crippen molar-refractivity contribution in [2.24, 2.45) is 0 Å².